The minimum atomic E-state index is -4.17. The zero-order valence-electron chi connectivity index (χ0n) is 17.7. The van der Waals surface area contributed by atoms with E-state index in [4.69, 9.17) is 0 Å². The van der Waals surface area contributed by atoms with Gasteiger partial charge in [-0.05, 0) is 54.9 Å². The van der Waals surface area contributed by atoms with Gasteiger partial charge in [0.2, 0.25) is 0 Å². The Morgan fingerprint density at radius 3 is 1.56 bits per heavy atom. The van der Waals surface area contributed by atoms with Crippen molar-refractivity contribution in [2.45, 2.75) is 116 Å². The van der Waals surface area contributed by atoms with Crippen molar-refractivity contribution in [1.82, 2.24) is 0 Å². The predicted octanol–water partition coefficient (Wildman–Crippen LogP) is 6.91. The van der Waals surface area contributed by atoms with Crippen LogP contribution in [-0.4, -0.2) is 13.0 Å². The highest BCUT2D eigenvalue weighted by Crippen LogP contribution is 2.26. The van der Waals surface area contributed by atoms with Crippen LogP contribution in [0.4, 0.5) is 0 Å². The van der Waals surface area contributed by atoms with Crippen LogP contribution in [0.3, 0.4) is 0 Å². The highest BCUT2D eigenvalue weighted by atomic mass is 32.2. The van der Waals surface area contributed by atoms with Crippen LogP contribution in [0.15, 0.2) is 17.0 Å². The van der Waals surface area contributed by atoms with Gasteiger partial charge in [-0.25, -0.2) is 0 Å². The summed E-state index contributed by atoms with van der Waals surface area (Å²) in [6.07, 6.45) is 15.6. The highest BCUT2D eigenvalue weighted by molar-refractivity contribution is 7.85. The molecule has 1 N–H and O–H groups in total. The molecule has 0 unspecified atom stereocenters. The molecule has 0 aromatic heterocycles. The van der Waals surface area contributed by atoms with Crippen LogP contribution in [0.1, 0.15) is 108 Å². The van der Waals surface area contributed by atoms with Gasteiger partial charge >= 0.3 is 0 Å². The minimum absolute atomic E-state index is 0.127. The van der Waals surface area contributed by atoms with Gasteiger partial charge in [-0.3, -0.25) is 4.55 Å². The molecule has 1 aromatic rings. The molecule has 0 radical (unpaired) electrons. The molecule has 0 fully saturated rings. The molecule has 0 heterocycles. The van der Waals surface area contributed by atoms with E-state index in [0.29, 0.717) is 6.42 Å². The lowest BCUT2D eigenvalue weighted by molar-refractivity contribution is 0.481. The van der Waals surface area contributed by atoms with Gasteiger partial charge in [0.15, 0.2) is 0 Å². The molecule has 0 saturated heterocycles. The van der Waals surface area contributed by atoms with Gasteiger partial charge in [-0.1, -0.05) is 84.6 Å². The second-order valence-electron chi connectivity index (χ2n) is 7.78. The van der Waals surface area contributed by atoms with E-state index in [-0.39, 0.29) is 4.90 Å². The Bertz CT molecular complexity index is 635. The van der Waals surface area contributed by atoms with Crippen LogP contribution < -0.4 is 0 Å². The maximum Gasteiger partial charge on any atom is 0.294 e. The lowest BCUT2D eigenvalue weighted by Gasteiger charge is -2.15. The smallest absolute Gasteiger partial charge is 0.282 e. The van der Waals surface area contributed by atoms with Gasteiger partial charge in [-0.2, -0.15) is 8.42 Å². The van der Waals surface area contributed by atoms with Gasteiger partial charge in [0.1, 0.15) is 0 Å². The Morgan fingerprint density at radius 2 is 1.11 bits per heavy atom. The molecule has 0 bridgehead atoms. The van der Waals surface area contributed by atoms with Crippen LogP contribution in [0.2, 0.25) is 0 Å². The van der Waals surface area contributed by atoms with E-state index < -0.39 is 10.1 Å². The summed E-state index contributed by atoms with van der Waals surface area (Å²) < 4.78 is 33.5. The zero-order valence-corrected chi connectivity index (χ0v) is 18.5. The Hall–Kier alpha value is -0.870. The topological polar surface area (TPSA) is 54.4 Å². The molecule has 0 amide bonds. The van der Waals surface area contributed by atoms with Crippen molar-refractivity contribution in [3.05, 3.63) is 28.8 Å². The first kappa shape index (κ1) is 24.2. The average Bonchev–Trinajstić information content (AvgIpc) is 2.62. The minimum Gasteiger partial charge on any atom is -0.282 e. The molecule has 0 saturated carbocycles. The van der Waals surface area contributed by atoms with E-state index in [9.17, 15) is 13.0 Å². The third-order valence-electron chi connectivity index (χ3n) is 5.28. The molecule has 0 atom stereocenters. The van der Waals surface area contributed by atoms with Gasteiger partial charge in [0.25, 0.3) is 10.1 Å². The average molecular weight is 397 g/mol. The lowest BCUT2D eigenvalue weighted by atomic mass is 9.93. The van der Waals surface area contributed by atoms with Crippen LogP contribution in [0.5, 0.6) is 0 Å². The number of hydrogen-bond acceptors (Lipinski definition) is 2. The molecule has 27 heavy (non-hydrogen) atoms. The number of rotatable bonds is 15. The third kappa shape index (κ3) is 9.25. The van der Waals surface area contributed by atoms with Gasteiger partial charge < -0.3 is 0 Å². The highest BCUT2D eigenvalue weighted by Gasteiger charge is 2.18. The fraction of sp³-hybridized carbons (Fsp3) is 0.739. The Balaban J connectivity index is 2.97. The summed E-state index contributed by atoms with van der Waals surface area (Å²) in [5.41, 5.74) is 3.19. The molecular formula is C23H40O3S. The maximum absolute atomic E-state index is 11.9. The summed E-state index contributed by atoms with van der Waals surface area (Å²) in [7, 11) is -4.17. The first-order valence-corrected chi connectivity index (χ1v) is 12.5. The molecule has 1 aromatic carbocycles. The molecule has 1 rings (SSSR count). The van der Waals surface area contributed by atoms with E-state index >= 15 is 0 Å². The summed E-state index contributed by atoms with van der Waals surface area (Å²) in [6.45, 7) is 6.48. The summed E-state index contributed by atoms with van der Waals surface area (Å²) in [4.78, 5) is 0.127. The summed E-state index contributed by atoms with van der Waals surface area (Å²) >= 11 is 0. The molecule has 0 aliphatic heterocycles. The van der Waals surface area contributed by atoms with E-state index in [2.05, 4.69) is 19.9 Å². The molecule has 156 valence electrons. The summed E-state index contributed by atoms with van der Waals surface area (Å²) in [5, 5.41) is 0. The van der Waals surface area contributed by atoms with Crippen LogP contribution in [0, 0.1) is 0 Å². The van der Waals surface area contributed by atoms with Crippen molar-refractivity contribution in [3.8, 4) is 0 Å². The molecule has 4 heteroatoms. The number of aryl methyl sites for hydroxylation is 3. The molecule has 3 nitrogen and oxygen atoms in total. The number of benzene rings is 1. The van der Waals surface area contributed by atoms with E-state index in [1.807, 2.05) is 6.92 Å². The SMILES string of the molecule is CCCCCCCc1cc(CCC)c(S(=O)(=O)O)cc1CCCCCCC. The van der Waals surface area contributed by atoms with E-state index in [1.165, 1.54) is 56.9 Å². The summed E-state index contributed by atoms with van der Waals surface area (Å²) in [6, 6.07) is 3.83. The van der Waals surface area contributed by atoms with Crippen molar-refractivity contribution in [3.63, 3.8) is 0 Å². The van der Waals surface area contributed by atoms with Crippen LogP contribution >= 0.6 is 0 Å². The van der Waals surface area contributed by atoms with Crippen molar-refractivity contribution in [1.29, 1.82) is 0 Å². The Kier molecular flexibility index (Phi) is 11.9. The first-order chi connectivity index (χ1) is 12.9. The second-order valence-corrected chi connectivity index (χ2v) is 9.17. The molecular weight excluding hydrogens is 356 g/mol. The lowest BCUT2D eigenvalue weighted by Crippen LogP contribution is -2.07. The predicted molar refractivity (Wildman–Crippen MR) is 115 cm³/mol. The molecule has 0 spiro atoms. The third-order valence-corrected chi connectivity index (χ3v) is 6.22. The van der Waals surface area contributed by atoms with Crippen LogP contribution in [-0.2, 0) is 29.4 Å². The number of hydrogen-bond donors (Lipinski definition) is 1. The van der Waals surface area contributed by atoms with Crippen molar-refractivity contribution >= 4 is 10.1 Å². The molecule has 0 aliphatic carbocycles. The first-order valence-electron chi connectivity index (χ1n) is 11.1. The van der Waals surface area contributed by atoms with Crippen molar-refractivity contribution in [2.24, 2.45) is 0 Å². The fourth-order valence-electron chi connectivity index (χ4n) is 3.73. The van der Waals surface area contributed by atoms with Crippen molar-refractivity contribution in [2.75, 3.05) is 0 Å². The zero-order chi connectivity index (χ0) is 20.1. The van der Waals surface area contributed by atoms with E-state index in [0.717, 1.165) is 43.2 Å². The largest absolute Gasteiger partial charge is 0.294 e. The van der Waals surface area contributed by atoms with Gasteiger partial charge in [0.05, 0.1) is 4.90 Å². The van der Waals surface area contributed by atoms with Gasteiger partial charge in [0, 0.05) is 0 Å². The van der Waals surface area contributed by atoms with Crippen LogP contribution in [0.25, 0.3) is 0 Å². The Morgan fingerprint density at radius 1 is 0.630 bits per heavy atom. The van der Waals surface area contributed by atoms with Crippen molar-refractivity contribution < 1.29 is 13.0 Å². The maximum atomic E-state index is 11.9. The second kappa shape index (κ2) is 13.3. The quantitative estimate of drug-likeness (QED) is 0.259. The fourth-order valence-corrected chi connectivity index (χ4v) is 4.51. The normalized spacial score (nSPS) is 11.9. The molecule has 0 aliphatic rings. The van der Waals surface area contributed by atoms with Gasteiger partial charge in [-0.15, -0.1) is 0 Å². The number of unbranched alkanes of at least 4 members (excludes halogenated alkanes) is 8. The van der Waals surface area contributed by atoms with E-state index in [1.54, 1.807) is 6.07 Å². The monoisotopic (exact) mass is 396 g/mol. The standard InChI is InChI=1S/C23H40O3S/c1-4-7-9-11-13-16-20-18-22(15-6-3)23(27(24,25)26)19-21(20)17-14-12-10-8-5-2/h18-19H,4-17H2,1-3H3,(H,24,25,26). The summed E-state index contributed by atoms with van der Waals surface area (Å²) in [5.74, 6) is 0. The Labute approximate surface area is 167 Å².